The highest BCUT2D eigenvalue weighted by atomic mass is 16.5. The summed E-state index contributed by atoms with van der Waals surface area (Å²) < 4.78 is 7.25. The predicted molar refractivity (Wildman–Crippen MR) is 121 cm³/mol. The van der Waals surface area contributed by atoms with E-state index in [4.69, 9.17) is 9.72 Å². The van der Waals surface area contributed by atoms with Crippen molar-refractivity contribution in [3.8, 4) is 11.6 Å². The molecule has 0 spiro atoms. The first kappa shape index (κ1) is 21.1. The molecule has 0 bridgehead atoms. The Kier molecular flexibility index (Phi) is 6.65. The molecule has 6 heteroatoms. The van der Waals surface area contributed by atoms with E-state index in [1.165, 1.54) is 0 Å². The molecule has 1 amide bonds. The van der Waals surface area contributed by atoms with Crippen LogP contribution in [0.1, 0.15) is 49.2 Å². The smallest absolute Gasteiger partial charge is 0.222 e. The van der Waals surface area contributed by atoms with Crippen molar-refractivity contribution >= 4 is 5.91 Å². The minimum atomic E-state index is 0.222. The van der Waals surface area contributed by atoms with Crippen LogP contribution in [0, 0.1) is 0 Å². The van der Waals surface area contributed by atoms with Crippen LogP contribution in [0.25, 0.3) is 5.82 Å². The Morgan fingerprint density at radius 2 is 2.03 bits per heavy atom. The van der Waals surface area contributed by atoms with Crippen molar-refractivity contribution in [2.75, 3.05) is 20.2 Å². The summed E-state index contributed by atoms with van der Waals surface area (Å²) in [7, 11) is 1.66. The Balaban J connectivity index is 1.40. The first-order chi connectivity index (χ1) is 15.2. The highest BCUT2D eigenvalue weighted by molar-refractivity contribution is 5.76. The quantitative estimate of drug-likeness (QED) is 0.578. The molecule has 3 aromatic rings. The number of imidazole rings is 1. The molecule has 0 radical (unpaired) electrons. The number of rotatable bonds is 7. The molecule has 1 atom stereocenters. The van der Waals surface area contributed by atoms with Gasteiger partial charge in [0.25, 0.3) is 0 Å². The normalized spacial score (nSPS) is 16.3. The fourth-order valence-corrected chi connectivity index (χ4v) is 4.25. The van der Waals surface area contributed by atoms with Crippen LogP contribution >= 0.6 is 0 Å². The molecular weight excluding hydrogens is 388 g/mol. The molecule has 162 valence electrons. The van der Waals surface area contributed by atoms with E-state index in [1.807, 2.05) is 52.2 Å². The van der Waals surface area contributed by atoms with Gasteiger partial charge in [-0.25, -0.2) is 9.97 Å². The predicted octanol–water partition coefficient (Wildman–Crippen LogP) is 4.18. The zero-order chi connectivity index (χ0) is 21.6. The summed E-state index contributed by atoms with van der Waals surface area (Å²) in [5.41, 5.74) is 2.21. The van der Waals surface area contributed by atoms with Gasteiger partial charge in [0.05, 0.1) is 7.11 Å². The third kappa shape index (κ3) is 4.95. The number of piperidine rings is 1. The molecule has 1 saturated heterocycles. The van der Waals surface area contributed by atoms with Gasteiger partial charge in [-0.1, -0.05) is 25.1 Å². The zero-order valence-corrected chi connectivity index (χ0v) is 18.3. The van der Waals surface area contributed by atoms with Crippen LogP contribution in [0.15, 0.2) is 54.9 Å². The summed E-state index contributed by atoms with van der Waals surface area (Å²) in [6.07, 6.45) is 7.98. The summed E-state index contributed by atoms with van der Waals surface area (Å²) in [5, 5.41) is 0. The summed E-state index contributed by atoms with van der Waals surface area (Å²) in [5.74, 6) is 3.23. The van der Waals surface area contributed by atoms with Crippen molar-refractivity contribution in [2.24, 2.45) is 0 Å². The number of benzene rings is 1. The average Bonchev–Trinajstić information content (AvgIpc) is 3.32. The van der Waals surface area contributed by atoms with E-state index in [0.29, 0.717) is 6.42 Å². The van der Waals surface area contributed by atoms with E-state index in [1.54, 1.807) is 7.11 Å². The topological polar surface area (TPSA) is 60.2 Å². The zero-order valence-electron chi connectivity index (χ0n) is 18.3. The summed E-state index contributed by atoms with van der Waals surface area (Å²) in [6.45, 7) is 3.67. The highest BCUT2D eigenvalue weighted by Crippen LogP contribution is 2.27. The van der Waals surface area contributed by atoms with Gasteiger partial charge in [-0.2, -0.15) is 0 Å². The molecule has 31 heavy (non-hydrogen) atoms. The van der Waals surface area contributed by atoms with E-state index >= 15 is 0 Å². The molecule has 0 N–H and O–H groups in total. The Morgan fingerprint density at radius 1 is 1.19 bits per heavy atom. The maximum atomic E-state index is 12.9. The highest BCUT2D eigenvalue weighted by Gasteiger charge is 2.25. The Morgan fingerprint density at radius 3 is 2.81 bits per heavy atom. The van der Waals surface area contributed by atoms with E-state index in [9.17, 15) is 4.79 Å². The number of aromatic nitrogens is 3. The van der Waals surface area contributed by atoms with Gasteiger partial charge in [-0.3, -0.25) is 9.36 Å². The van der Waals surface area contributed by atoms with Crippen LogP contribution in [0.2, 0.25) is 0 Å². The molecule has 0 unspecified atom stereocenters. The molecule has 0 saturated carbocycles. The summed E-state index contributed by atoms with van der Waals surface area (Å²) in [6, 6.07) is 14.1. The molecule has 1 aliphatic heterocycles. The second kappa shape index (κ2) is 9.77. The van der Waals surface area contributed by atoms with Gasteiger partial charge in [0.1, 0.15) is 17.4 Å². The van der Waals surface area contributed by atoms with Gasteiger partial charge >= 0.3 is 0 Å². The Bertz CT molecular complexity index is 1010. The molecule has 1 aromatic carbocycles. The van der Waals surface area contributed by atoms with Crippen LogP contribution in [-0.4, -0.2) is 45.5 Å². The Hall–Kier alpha value is -3.15. The van der Waals surface area contributed by atoms with Crippen LogP contribution < -0.4 is 4.74 Å². The number of hydrogen-bond donors (Lipinski definition) is 0. The largest absolute Gasteiger partial charge is 0.497 e. The molecule has 2 aromatic heterocycles. The number of nitrogens with zero attached hydrogens (tertiary/aromatic N) is 4. The number of methoxy groups -OCH3 is 1. The van der Waals surface area contributed by atoms with Gasteiger partial charge in [-0.05, 0) is 49.1 Å². The number of hydrogen-bond acceptors (Lipinski definition) is 4. The molecule has 1 fully saturated rings. The minimum absolute atomic E-state index is 0.222. The maximum Gasteiger partial charge on any atom is 0.222 e. The number of carbonyl (C=O) groups is 1. The number of carbonyl (C=O) groups excluding carboxylic acids is 1. The van der Waals surface area contributed by atoms with E-state index in [2.05, 4.69) is 24.0 Å². The second-order valence-corrected chi connectivity index (χ2v) is 8.01. The minimum Gasteiger partial charge on any atom is -0.497 e. The fourth-order valence-electron chi connectivity index (χ4n) is 4.25. The van der Waals surface area contributed by atoms with Crippen molar-refractivity contribution in [2.45, 2.75) is 44.9 Å². The standard InChI is InChI=1S/C25H30N4O2/c1-3-23-26-15-17-29(23)24-8-4-7-22(27-24)20-6-5-16-28(18-20)25(30)14-11-19-9-12-21(31-2)13-10-19/h4,7-10,12-13,15,17,20H,3,5-6,11,14,16,18H2,1-2H3/t20-/m1/s1. The number of pyridine rings is 1. The first-order valence-electron chi connectivity index (χ1n) is 11.1. The van der Waals surface area contributed by atoms with Gasteiger partial charge in [0, 0.05) is 49.9 Å². The number of aryl methyl sites for hydroxylation is 2. The van der Waals surface area contributed by atoms with Crippen molar-refractivity contribution in [1.82, 2.24) is 19.4 Å². The van der Waals surface area contributed by atoms with Crippen LogP contribution in [-0.2, 0) is 17.6 Å². The van der Waals surface area contributed by atoms with Crippen LogP contribution in [0.5, 0.6) is 5.75 Å². The maximum absolute atomic E-state index is 12.9. The van der Waals surface area contributed by atoms with E-state index in [-0.39, 0.29) is 11.8 Å². The first-order valence-corrected chi connectivity index (χ1v) is 11.1. The fraction of sp³-hybridized carbons (Fsp3) is 0.400. The van der Waals surface area contributed by atoms with Crippen LogP contribution in [0.3, 0.4) is 0 Å². The monoisotopic (exact) mass is 418 g/mol. The SMILES string of the molecule is CCc1nccn1-c1cccc([C@@H]2CCCN(C(=O)CCc3ccc(OC)cc3)C2)n1. The van der Waals surface area contributed by atoms with Crippen molar-refractivity contribution < 1.29 is 9.53 Å². The molecule has 0 aliphatic carbocycles. The average molecular weight is 419 g/mol. The van der Waals surface area contributed by atoms with Crippen molar-refractivity contribution in [1.29, 1.82) is 0 Å². The van der Waals surface area contributed by atoms with Gasteiger partial charge in [0.15, 0.2) is 0 Å². The van der Waals surface area contributed by atoms with Gasteiger partial charge in [-0.15, -0.1) is 0 Å². The Labute approximate surface area is 183 Å². The lowest BCUT2D eigenvalue weighted by Crippen LogP contribution is -2.39. The summed E-state index contributed by atoms with van der Waals surface area (Å²) in [4.78, 5) is 24.2. The molecule has 4 rings (SSSR count). The molecule has 6 nitrogen and oxygen atoms in total. The lowest BCUT2D eigenvalue weighted by molar-refractivity contribution is -0.132. The third-order valence-corrected chi connectivity index (χ3v) is 6.02. The lowest BCUT2D eigenvalue weighted by Gasteiger charge is -2.32. The molecular formula is C25H30N4O2. The second-order valence-electron chi connectivity index (χ2n) is 8.01. The molecule has 3 heterocycles. The van der Waals surface area contributed by atoms with Crippen molar-refractivity contribution in [3.05, 3.63) is 71.9 Å². The lowest BCUT2D eigenvalue weighted by atomic mass is 9.94. The van der Waals surface area contributed by atoms with Gasteiger partial charge < -0.3 is 9.64 Å². The van der Waals surface area contributed by atoms with Gasteiger partial charge in [0.2, 0.25) is 5.91 Å². The third-order valence-electron chi connectivity index (χ3n) is 6.02. The number of amides is 1. The number of ether oxygens (including phenoxy) is 1. The van der Waals surface area contributed by atoms with Crippen molar-refractivity contribution in [3.63, 3.8) is 0 Å². The van der Waals surface area contributed by atoms with E-state index in [0.717, 1.165) is 67.4 Å². The molecule has 1 aliphatic rings. The number of likely N-dealkylation sites (tertiary alicyclic amines) is 1. The van der Waals surface area contributed by atoms with E-state index < -0.39 is 0 Å². The van der Waals surface area contributed by atoms with Crippen LogP contribution in [0.4, 0.5) is 0 Å². The summed E-state index contributed by atoms with van der Waals surface area (Å²) >= 11 is 0.